The second kappa shape index (κ2) is 6.58. The molecule has 0 unspecified atom stereocenters. The monoisotopic (exact) mass is 332 g/mol. The second-order valence-corrected chi connectivity index (χ2v) is 6.24. The van der Waals surface area contributed by atoms with E-state index in [0.29, 0.717) is 22.1 Å². The van der Waals surface area contributed by atoms with Crippen LogP contribution in [0.25, 0.3) is 6.08 Å². The maximum atomic E-state index is 12.7. The molecule has 1 aliphatic carbocycles. The lowest BCUT2D eigenvalue weighted by molar-refractivity contribution is -0.124. The predicted octanol–water partition coefficient (Wildman–Crippen LogP) is 2.79. The van der Waals surface area contributed by atoms with Gasteiger partial charge in [-0.15, -0.1) is 0 Å². The summed E-state index contributed by atoms with van der Waals surface area (Å²) in [6.45, 7) is 0. The number of nitrogens with zero attached hydrogens (tertiary/aromatic N) is 1. The minimum absolute atomic E-state index is 0.0131. The second-order valence-electron chi connectivity index (χ2n) is 5.85. The highest BCUT2D eigenvalue weighted by Gasteiger charge is 2.36. The number of carbonyl (C=O) groups is 1. The van der Waals surface area contributed by atoms with Gasteiger partial charge in [0.2, 0.25) is 0 Å². The highest BCUT2D eigenvalue weighted by atomic mass is 32.1. The summed E-state index contributed by atoms with van der Waals surface area (Å²) in [7, 11) is 1.49. The van der Waals surface area contributed by atoms with Gasteiger partial charge in [0, 0.05) is 11.6 Å². The zero-order valence-corrected chi connectivity index (χ0v) is 13.9. The third-order valence-electron chi connectivity index (χ3n) is 4.40. The topological polar surface area (TPSA) is 61.8 Å². The van der Waals surface area contributed by atoms with Crippen LogP contribution in [-0.2, 0) is 4.79 Å². The largest absolute Gasteiger partial charge is 0.504 e. The van der Waals surface area contributed by atoms with Gasteiger partial charge in [0.1, 0.15) is 5.70 Å². The summed E-state index contributed by atoms with van der Waals surface area (Å²) < 4.78 is 5.09. The Balaban J connectivity index is 1.87. The van der Waals surface area contributed by atoms with E-state index in [-0.39, 0.29) is 17.7 Å². The molecule has 23 heavy (non-hydrogen) atoms. The van der Waals surface area contributed by atoms with Gasteiger partial charge in [-0.3, -0.25) is 9.69 Å². The fourth-order valence-corrected chi connectivity index (χ4v) is 3.54. The number of methoxy groups -OCH3 is 1. The smallest absolute Gasteiger partial charge is 0.276 e. The Morgan fingerprint density at radius 2 is 2.09 bits per heavy atom. The summed E-state index contributed by atoms with van der Waals surface area (Å²) in [5.74, 6) is 0.264. The van der Waals surface area contributed by atoms with E-state index in [9.17, 15) is 9.90 Å². The summed E-state index contributed by atoms with van der Waals surface area (Å²) >= 11 is 5.34. The van der Waals surface area contributed by atoms with Crippen LogP contribution in [0.5, 0.6) is 11.5 Å². The van der Waals surface area contributed by atoms with Gasteiger partial charge in [-0.2, -0.15) is 0 Å². The quantitative estimate of drug-likeness (QED) is 0.658. The van der Waals surface area contributed by atoms with Gasteiger partial charge in [-0.05, 0) is 37.2 Å². The van der Waals surface area contributed by atoms with Gasteiger partial charge < -0.3 is 15.2 Å². The van der Waals surface area contributed by atoms with Crippen LogP contribution in [0.3, 0.4) is 0 Å². The summed E-state index contributed by atoms with van der Waals surface area (Å²) in [5.41, 5.74) is 0.914. The molecule has 1 aromatic carbocycles. The maximum Gasteiger partial charge on any atom is 0.276 e. The number of nitrogens with one attached hydrogen (secondary N) is 1. The van der Waals surface area contributed by atoms with E-state index in [1.54, 1.807) is 29.2 Å². The summed E-state index contributed by atoms with van der Waals surface area (Å²) in [4.78, 5) is 14.4. The van der Waals surface area contributed by atoms with Crippen LogP contribution in [0.1, 0.15) is 37.7 Å². The molecular formula is C17H20N2O3S. The van der Waals surface area contributed by atoms with Gasteiger partial charge in [0.15, 0.2) is 16.6 Å². The van der Waals surface area contributed by atoms with E-state index in [0.717, 1.165) is 25.7 Å². The zero-order valence-electron chi connectivity index (χ0n) is 13.0. The van der Waals surface area contributed by atoms with Crippen molar-refractivity contribution in [3.05, 3.63) is 29.5 Å². The van der Waals surface area contributed by atoms with E-state index in [4.69, 9.17) is 17.0 Å². The molecule has 1 amide bonds. The summed E-state index contributed by atoms with van der Waals surface area (Å²) in [6, 6.07) is 5.34. The van der Waals surface area contributed by atoms with Crippen LogP contribution >= 0.6 is 12.2 Å². The molecule has 1 heterocycles. The number of phenolic OH excluding ortho intramolecular Hbond substituents is 1. The number of para-hydroxylation sites is 1. The SMILES string of the molecule is COc1cccc(/C=C2\NC(=S)N(C3CCCCC3)C2=O)c1O. The molecule has 2 N–H and O–H groups in total. The standard InChI is InChI=1S/C17H20N2O3S/c1-22-14-9-5-6-11(15(14)20)10-13-16(21)19(17(23)18-13)12-7-3-2-4-8-12/h5-6,9-10,12,20H,2-4,7-8H2,1H3,(H,18,23)/b13-10-. The van der Waals surface area contributed by atoms with Crippen molar-refractivity contribution in [1.29, 1.82) is 0 Å². The van der Waals surface area contributed by atoms with Crippen molar-refractivity contribution in [2.45, 2.75) is 38.1 Å². The predicted molar refractivity (Wildman–Crippen MR) is 92.1 cm³/mol. The van der Waals surface area contributed by atoms with Crippen molar-refractivity contribution in [1.82, 2.24) is 10.2 Å². The van der Waals surface area contributed by atoms with Crippen molar-refractivity contribution in [2.24, 2.45) is 0 Å². The number of hydrogen-bond acceptors (Lipinski definition) is 4. The summed E-state index contributed by atoms with van der Waals surface area (Å²) in [6.07, 6.45) is 7.09. The summed E-state index contributed by atoms with van der Waals surface area (Å²) in [5, 5.41) is 13.6. The van der Waals surface area contributed by atoms with E-state index >= 15 is 0 Å². The van der Waals surface area contributed by atoms with Crippen molar-refractivity contribution < 1.29 is 14.6 Å². The van der Waals surface area contributed by atoms with Crippen LogP contribution in [0.4, 0.5) is 0 Å². The molecule has 0 aromatic heterocycles. The van der Waals surface area contributed by atoms with Crippen LogP contribution in [-0.4, -0.2) is 34.2 Å². The average molecular weight is 332 g/mol. The van der Waals surface area contributed by atoms with Crippen LogP contribution in [0, 0.1) is 0 Å². The fourth-order valence-electron chi connectivity index (χ4n) is 3.20. The van der Waals surface area contributed by atoms with E-state index in [1.165, 1.54) is 13.5 Å². The Bertz CT molecular complexity index is 666. The Morgan fingerprint density at radius 3 is 2.78 bits per heavy atom. The van der Waals surface area contributed by atoms with Gasteiger partial charge in [-0.25, -0.2) is 0 Å². The Hall–Kier alpha value is -2.08. The molecule has 1 aliphatic heterocycles. The molecule has 2 aliphatic rings. The molecule has 6 heteroatoms. The first-order valence-corrected chi connectivity index (χ1v) is 8.25. The third kappa shape index (κ3) is 3.03. The minimum atomic E-state index is -0.121. The van der Waals surface area contributed by atoms with E-state index in [1.807, 2.05) is 0 Å². The third-order valence-corrected chi connectivity index (χ3v) is 4.70. The lowest BCUT2D eigenvalue weighted by Gasteiger charge is -2.29. The Morgan fingerprint density at radius 1 is 1.35 bits per heavy atom. The molecule has 122 valence electrons. The Kier molecular flexibility index (Phi) is 4.52. The van der Waals surface area contributed by atoms with Gasteiger partial charge in [-0.1, -0.05) is 31.4 Å². The molecule has 0 bridgehead atoms. The molecule has 0 spiro atoms. The molecule has 0 radical (unpaired) electrons. The molecule has 3 rings (SSSR count). The first-order chi connectivity index (χ1) is 11.1. The van der Waals surface area contributed by atoms with Gasteiger partial charge in [0.05, 0.1) is 7.11 Å². The maximum absolute atomic E-state index is 12.7. The number of rotatable bonds is 3. The molecule has 2 fully saturated rings. The van der Waals surface area contributed by atoms with E-state index < -0.39 is 0 Å². The first-order valence-electron chi connectivity index (χ1n) is 7.84. The Labute approximate surface area is 140 Å². The number of benzene rings is 1. The van der Waals surface area contributed by atoms with Crippen molar-refractivity contribution in [2.75, 3.05) is 7.11 Å². The molecule has 1 saturated carbocycles. The van der Waals surface area contributed by atoms with Crippen molar-refractivity contribution >= 4 is 29.3 Å². The number of carbonyl (C=O) groups excluding carboxylic acids is 1. The number of aromatic hydroxyl groups is 1. The average Bonchev–Trinajstić information content (AvgIpc) is 2.84. The number of thiocarbonyl (C=S) groups is 1. The fraction of sp³-hybridized carbons (Fsp3) is 0.412. The normalized spacial score (nSPS) is 20.9. The molecule has 1 saturated heterocycles. The minimum Gasteiger partial charge on any atom is -0.504 e. The van der Waals surface area contributed by atoms with Crippen LogP contribution in [0.15, 0.2) is 23.9 Å². The lowest BCUT2D eigenvalue weighted by Crippen LogP contribution is -2.41. The van der Waals surface area contributed by atoms with E-state index in [2.05, 4.69) is 5.32 Å². The molecular weight excluding hydrogens is 312 g/mol. The van der Waals surface area contributed by atoms with Crippen LogP contribution in [0.2, 0.25) is 0 Å². The number of ether oxygens (including phenoxy) is 1. The number of phenols is 1. The van der Waals surface area contributed by atoms with Crippen molar-refractivity contribution in [3.63, 3.8) is 0 Å². The molecule has 5 nitrogen and oxygen atoms in total. The zero-order chi connectivity index (χ0) is 16.4. The first kappa shape index (κ1) is 15.8. The number of hydrogen-bond donors (Lipinski definition) is 2. The lowest BCUT2D eigenvalue weighted by atomic mass is 9.94. The number of amides is 1. The van der Waals surface area contributed by atoms with Gasteiger partial charge >= 0.3 is 0 Å². The highest BCUT2D eigenvalue weighted by molar-refractivity contribution is 7.80. The van der Waals surface area contributed by atoms with Crippen molar-refractivity contribution in [3.8, 4) is 11.5 Å². The van der Waals surface area contributed by atoms with Crippen LogP contribution < -0.4 is 10.1 Å². The van der Waals surface area contributed by atoms with Gasteiger partial charge in [0.25, 0.3) is 5.91 Å². The molecule has 0 atom stereocenters. The highest BCUT2D eigenvalue weighted by Crippen LogP contribution is 2.32. The molecule has 1 aromatic rings.